The fraction of sp³-hybridized carbons (Fsp3) is 0. The van der Waals surface area contributed by atoms with E-state index in [0.717, 1.165) is 137 Å². The maximum atomic E-state index is 7.10. The molecule has 6 heterocycles. The van der Waals surface area contributed by atoms with Gasteiger partial charge in [-0.25, -0.2) is 0 Å². The number of halogens is 6. The lowest BCUT2D eigenvalue weighted by Crippen LogP contribution is -2.13. The monoisotopic (exact) mass is 2050 g/mol. The number of furan rings is 2. The Morgan fingerprint density at radius 1 is 0.204 bits per heavy atom. The molecule has 0 aliphatic rings. The molecule has 660 valence electrons. The molecule has 20 aromatic carbocycles. The van der Waals surface area contributed by atoms with Crippen molar-refractivity contribution >= 4 is 328 Å². The van der Waals surface area contributed by atoms with Gasteiger partial charge in [0.1, 0.15) is 22.3 Å². The van der Waals surface area contributed by atoms with Crippen LogP contribution >= 0.6 is 124 Å². The first-order valence-electron chi connectivity index (χ1n) is 44.4. The van der Waals surface area contributed by atoms with Crippen LogP contribution in [0.25, 0.3) is 125 Å². The van der Waals surface area contributed by atoms with Gasteiger partial charge < -0.3 is 33.8 Å². The zero-order chi connectivity index (χ0) is 92.4. The summed E-state index contributed by atoms with van der Waals surface area (Å²) in [6.45, 7) is 0. The molecule has 0 amide bonds. The third kappa shape index (κ3) is 18.0. The second-order valence-corrected chi connectivity index (χ2v) is 40.4. The van der Waals surface area contributed by atoms with E-state index in [1.165, 1.54) is 86.4 Å². The molecule has 1 N–H and O–H groups in total. The largest absolute Gasteiger partial charge is 0.456 e. The van der Waals surface area contributed by atoms with Gasteiger partial charge in [-0.05, 0) is 200 Å². The lowest BCUT2D eigenvalue weighted by Gasteiger charge is -2.30. The Morgan fingerprint density at radius 2 is 0.504 bits per heavy atom. The first-order chi connectivity index (χ1) is 67.4. The van der Waals surface area contributed by atoms with Gasteiger partial charge in [-0.3, -0.25) is 0 Å². The molecule has 0 aliphatic carbocycles. The SMILES string of the molecule is Clc1cc(Br)c2c(c1)sc1ccccc12.Clc1cc(Br)cc2oc3ccccc3c12.Clc1cc(N(c2ccccc2)c2cc(N(c3ccccc3)c3ccccc3)c3c(c2)sc2ccccc23)cc2oc3ccccc3c12.Clc1cc(N(c2ccccc2)c2ccccc2)c2c(c1)sc1ccccc12.c1ccc(Nc2cc(N(c3ccccc3)c3ccccc3)c3c(c2)sc2ccccc23)cc1. The van der Waals surface area contributed by atoms with Crippen LogP contribution in [0.5, 0.6) is 0 Å². The third-order valence-electron chi connectivity index (χ3n) is 23.9. The van der Waals surface area contributed by atoms with Gasteiger partial charge in [-0.2, -0.15) is 0 Å². The van der Waals surface area contributed by atoms with E-state index < -0.39 is 0 Å². The van der Waals surface area contributed by atoms with Crippen LogP contribution in [0.4, 0.5) is 79.6 Å². The Balaban J connectivity index is 0.000000106. The smallest absolute Gasteiger partial charge is 0.139 e. The van der Waals surface area contributed by atoms with E-state index >= 15 is 0 Å². The molecular weight excluding hydrogens is 1970 g/mol. The number of hydrogen-bond donors (Lipinski definition) is 1. The van der Waals surface area contributed by atoms with Crippen LogP contribution in [0.15, 0.2) is 479 Å². The standard InChI is InChI=1S/C42H27ClN2OS.C30H22N2S.C24H16ClNS.C12H6BrClO.C12H6BrClS/c43-35-24-31(26-38-41(35)33-20-10-12-22-37(33)46-38)44(28-14-4-1-5-15-28)32-25-36(42-34-21-11-13-23-39(34)47-40(42)27-32)45(29-16-6-2-7-17-29)30-18-8-3-9-19-30;1-4-12-22(13-5-1)31-23-20-27(30-26-18-10-11-19-28(26)33-29(30)21-23)32(24-14-6-2-7-15-24)25-16-8-3-9-17-25;25-17-15-21(24-20-13-7-8-14-22(20)27-23(24)16-17)26(18-9-3-1-4-10-18)19-11-5-2-6-12-19;13-7-5-9(14)12-8-3-1-2-4-10(8)15-11(12)6-7;13-9-5-7(14)6-11-12(9)8-3-1-2-4-10(8)15-11/h1-27H;1-21,31H;1-16H;2*1-6H. The van der Waals surface area contributed by atoms with Gasteiger partial charge in [0.2, 0.25) is 0 Å². The van der Waals surface area contributed by atoms with Crippen molar-refractivity contribution in [1.82, 2.24) is 0 Å². The highest BCUT2D eigenvalue weighted by atomic mass is 79.9. The minimum absolute atomic E-state index is 0.654. The Bertz CT molecular complexity index is 8650. The number of fused-ring (bicyclic) bond motifs is 18. The van der Waals surface area contributed by atoms with Gasteiger partial charge in [0.15, 0.2) is 0 Å². The van der Waals surface area contributed by atoms with Gasteiger partial charge in [-0.15, -0.1) is 45.3 Å². The summed E-state index contributed by atoms with van der Waals surface area (Å²) >= 11 is 40.1. The summed E-state index contributed by atoms with van der Waals surface area (Å²) in [6, 6.07) is 160. The predicted octanol–water partition coefficient (Wildman–Crippen LogP) is 41.5. The maximum absolute atomic E-state index is 7.10. The van der Waals surface area contributed by atoms with Gasteiger partial charge >= 0.3 is 0 Å². The van der Waals surface area contributed by atoms with Crippen molar-refractivity contribution in [3.63, 3.8) is 0 Å². The number of para-hydroxylation sites is 10. The molecule has 137 heavy (non-hydrogen) atoms. The molecule has 0 saturated carbocycles. The normalized spacial score (nSPS) is 11.3. The number of nitrogens with zero attached hydrogens (tertiary/aromatic N) is 4. The number of rotatable bonds is 14. The van der Waals surface area contributed by atoms with Crippen LogP contribution in [0.2, 0.25) is 20.1 Å². The van der Waals surface area contributed by atoms with E-state index in [1.807, 2.05) is 114 Å². The van der Waals surface area contributed by atoms with Crippen molar-refractivity contribution in [2.45, 2.75) is 0 Å². The minimum atomic E-state index is 0.654. The average molecular weight is 2050 g/mol. The molecule has 0 radical (unpaired) electrons. The molecule has 7 nitrogen and oxygen atoms in total. The van der Waals surface area contributed by atoms with Crippen molar-refractivity contribution in [2.75, 3.05) is 24.9 Å². The number of nitrogens with one attached hydrogen (secondary N) is 1. The van der Waals surface area contributed by atoms with Gasteiger partial charge in [0.25, 0.3) is 0 Å². The first kappa shape index (κ1) is 88.3. The van der Waals surface area contributed by atoms with E-state index in [1.54, 1.807) is 22.7 Å². The quantitative estimate of drug-likeness (QED) is 0.116. The van der Waals surface area contributed by atoms with Crippen LogP contribution in [0, 0.1) is 0 Å². The van der Waals surface area contributed by atoms with Gasteiger partial charge in [-0.1, -0.05) is 333 Å². The number of benzene rings is 20. The molecule has 0 bridgehead atoms. The van der Waals surface area contributed by atoms with E-state index in [4.69, 9.17) is 55.2 Å². The second kappa shape index (κ2) is 39.4. The fourth-order valence-electron chi connectivity index (χ4n) is 18.1. The van der Waals surface area contributed by atoms with Crippen LogP contribution in [0.3, 0.4) is 0 Å². The topological polar surface area (TPSA) is 51.3 Å². The summed E-state index contributed by atoms with van der Waals surface area (Å²) < 4.78 is 24.1. The fourth-order valence-corrected chi connectivity index (χ4v) is 25.5. The molecule has 0 unspecified atom stereocenters. The molecule has 0 saturated heterocycles. The van der Waals surface area contributed by atoms with Crippen molar-refractivity contribution in [3.05, 3.63) is 490 Å². The van der Waals surface area contributed by atoms with E-state index in [2.05, 4.69) is 427 Å². The Hall–Kier alpha value is -14.0. The molecule has 0 atom stereocenters. The number of anilines is 14. The van der Waals surface area contributed by atoms with Crippen LogP contribution in [0.1, 0.15) is 0 Å². The molecule has 17 heteroatoms. The lowest BCUT2D eigenvalue weighted by atomic mass is 10.1. The van der Waals surface area contributed by atoms with Crippen LogP contribution in [-0.4, -0.2) is 0 Å². The number of thiophene rings is 4. The highest BCUT2D eigenvalue weighted by Gasteiger charge is 2.27. The Morgan fingerprint density at radius 3 is 0.920 bits per heavy atom. The summed E-state index contributed by atoms with van der Waals surface area (Å²) in [6.07, 6.45) is 0. The van der Waals surface area contributed by atoms with Gasteiger partial charge in [0.05, 0.1) is 32.8 Å². The molecule has 0 fully saturated rings. The van der Waals surface area contributed by atoms with Crippen molar-refractivity contribution in [3.8, 4) is 0 Å². The summed E-state index contributed by atoms with van der Waals surface area (Å²) in [5.74, 6) is 0. The summed E-state index contributed by atoms with van der Waals surface area (Å²) in [4.78, 5) is 9.29. The zero-order valence-electron chi connectivity index (χ0n) is 72.9. The Kier molecular flexibility index (Phi) is 25.4. The van der Waals surface area contributed by atoms with E-state index in [0.29, 0.717) is 10.0 Å². The highest BCUT2D eigenvalue weighted by molar-refractivity contribution is 9.11. The average Bonchev–Trinajstić information content (AvgIpc) is 1.59. The molecule has 26 aromatic rings. The minimum Gasteiger partial charge on any atom is -0.456 e. The molecule has 26 rings (SSSR count). The van der Waals surface area contributed by atoms with Gasteiger partial charge in [0, 0.05) is 184 Å². The van der Waals surface area contributed by atoms with Crippen LogP contribution in [-0.2, 0) is 0 Å². The maximum Gasteiger partial charge on any atom is 0.139 e. The highest BCUT2D eigenvalue weighted by Crippen LogP contribution is 2.54. The van der Waals surface area contributed by atoms with Crippen LogP contribution < -0.4 is 24.9 Å². The zero-order valence-corrected chi connectivity index (χ0v) is 82.3. The first-order valence-corrected chi connectivity index (χ1v) is 50.8. The molecular formula is C120H77Br2Cl4N5O2S4. The molecule has 6 aromatic heterocycles. The number of hydrogen-bond acceptors (Lipinski definition) is 11. The third-order valence-corrected chi connectivity index (χ3v) is 30.5. The summed E-state index contributed by atoms with van der Waals surface area (Å²) in [5, 5.41) is 20.6. The van der Waals surface area contributed by atoms with Crippen molar-refractivity contribution in [1.29, 1.82) is 0 Å². The van der Waals surface area contributed by atoms with Crippen molar-refractivity contribution in [2.24, 2.45) is 0 Å². The van der Waals surface area contributed by atoms with Crippen molar-refractivity contribution < 1.29 is 8.83 Å². The molecule has 0 spiro atoms. The second-order valence-electron chi connectivity index (χ2n) is 32.6. The van der Waals surface area contributed by atoms with E-state index in [-0.39, 0.29) is 0 Å². The van der Waals surface area contributed by atoms with E-state index in [9.17, 15) is 0 Å². The summed E-state index contributed by atoms with van der Waals surface area (Å²) in [7, 11) is 0. The Labute approximate surface area is 843 Å². The lowest BCUT2D eigenvalue weighted by molar-refractivity contribution is 0.668. The summed E-state index contributed by atoms with van der Waals surface area (Å²) in [5.41, 5.74) is 18.4. The predicted molar refractivity (Wildman–Crippen MR) is 602 cm³/mol. The molecule has 0 aliphatic heterocycles.